The molecule has 0 radical (unpaired) electrons. The second-order valence-electron chi connectivity index (χ2n) is 2.46. The van der Waals surface area contributed by atoms with Crippen LogP contribution in [0.25, 0.3) is 0 Å². The Bertz CT molecular complexity index is 392. The molecule has 1 aromatic rings. The molecule has 0 bridgehead atoms. The van der Waals surface area contributed by atoms with Crippen LogP contribution in [0, 0.1) is 0 Å². The third-order valence-corrected chi connectivity index (χ3v) is 2.08. The van der Waals surface area contributed by atoms with Crippen LogP contribution in [0.4, 0.5) is 13.2 Å². The zero-order chi connectivity index (χ0) is 11.6. The number of hydrogen-bond acceptors (Lipinski definition) is 2. The van der Waals surface area contributed by atoms with Crippen LogP contribution in [0.2, 0.25) is 0 Å². The van der Waals surface area contributed by atoms with Crippen LogP contribution in [-0.2, 0) is 0 Å². The van der Waals surface area contributed by atoms with Gasteiger partial charge in [-0.2, -0.15) is 0 Å². The Morgan fingerprint density at radius 2 is 2.00 bits per heavy atom. The number of rotatable bonds is 2. The van der Waals surface area contributed by atoms with E-state index < -0.39 is 17.4 Å². The first-order chi connectivity index (χ1) is 6.79. The first-order valence-electron chi connectivity index (χ1n) is 3.55. The van der Waals surface area contributed by atoms with Crippen LogP contribution >= 0.6 is 27.5 Å². The summed E-state index contributed by atoms with van der Waals surface area (Å²) in [7, 11) is 0. The fourth-order valence-electron chi connectivity index (χ4n) is 0.868. The van der Waals surface area contributed by atoms with Crippen molar-refractivity contribution in [1.29, 1.82) is 0 Å². The molecule has 0 heterocycles. The number of alkyl halides is 3. The van der Waals surface area contributed by atoms with Gasteiger partial charge in [0.05, 0.1) is 5.56 Å². The van der Waals surface area contributed by atoms with E-state index >= 15 is 0 Å². The maximum absolute atomic E-state index is 11.9. The normalized spacial score (nSPS) is 11.3. The molecule has 0 aromatic heterocycles. The van der Waals surface area contributed by atoms with Gasteiger partial charge in [0, 0.05) is 4.47 Å². The zero-order valence-corrected chi connectivity index (χ0v) is 9.28. The molecule has 0 amide bonds. The fourth-order valence-corrected chi connectivity index (χ4v) is 1.36. The van der Waals surface area contributed by atoms with Gasteiger partial charge in [-0.25, -0.2) is 0 Å². The molecule has 0 aliphatic rings. The van der Waals surface area contributed by atoms with E-state index in [0.29, 0.717) is 4.47 Å². The van der Waals surface area contributed by atoms with Crippen molar-refractivity contribution in [3.63, 3.8) is 0 Å². The molecule has 0 atom stereocenters. The van der Waals surface area contributed by atoms with Gasteiger partial charge in [-0.1, -0.05) is 15.9 Å². The van der Waals surface area contributed by atoms with Gasteiger partial charge >= 0.3 is 6.36 Å². The summed E-state index contributed by atoms with van der Waals surface area (Å²) in [6.45, 7) is 0. The van der Waals surface area contributed by atoms with Gasteiger partial charge in [-0.15, -0.1) is 13.2 Å². The van der Waals surface area contributed by atoms with Crippen molar-refractivity contribution < 1.29 is 22.7 Å². The number of halogens is 5. The standard InChI is InChI=1S/C8H3BrClF3O2/c9-4-1-2-5(7(10)14)6(3-4)15-8(11,12)13/h1-3H. The average molecular weight is 303 g/mol. The molecule has 0 saturated heterocycles. The molecule has 0 saturated carbocycles. The topological polar surface area (TPSA) is 26.3 Å². The van der Waals surface area contributed by atoms with Crippen molar-refractivity contribution in [3.8, 4) is 5.75 Å². The van der Waals surface area contributed by atoms with Crippen molar-refractivity contribution >= 4 is 32.8 Å². The minimum absolute atomic E-state index is 0.336. The minimum Gasteiger partial charge on any atom is -0.405 e. The summed E-state index contributed by atoms with van der Waals surface area (Å²) < 4.78 is 39.8. The molecule has 0 fully saturated rings. The van der Waals surface area contributed by atoms with Crippen molar-refractivity contribution in [2.45, 2.75) is 6.36 Å². The van der Waals surface area contributed by atoms with E-state index in [1.807, 2.05) is 0 Å². The number of carbonyl (C=O) groups is 1. The highest BCUT2D eigenvalue weighted by atomic mass is 79.9. The Labute approximate surface area is 96.1 Å². The predicted octanol–water partition coefficient (Wildman–Crippen LogP) is 3.73. The second-order valence-corrected chi connectivity index (χ2v) is 3.72. The summed E-state index contributed by atoms with van der Waals surface area (Å²) in [6, 6.07) is 3.54. The highest BCUT2D eigenvalue weighted by molar-refractivity contribution is 9.10. The molecular formula is C8H3BrClF3O2. The lowest BCUT2D eigenvalue weighted by Crippen LogP contribution is -2.18. The average Bonchev–Trinajstić information content (AvgIpc) is 1.99. The third-order valence-electron chi connectivity index (χ3n) is 1.38. The van der Waals surface area contributed by atoms with Crippen molar-refractivity contribution in [3.05, 3.63) is 28.2 Å². The van der Waals surface area contributed by atoms with Gasteiger partial charge < -0.3 is 4.74 Å². The van der Waals surface area contributed by atoms with E-state index in [-0.39, 0.29) is 5.56 Å². The van der Waals surface area contributed by atoms with Crippen LogP contribution in [0.15, 0.2) is 22.7 Å². The van der Waals surface area contributed by atoms with Gasteiger partial charge in [0.15, 0.2) is 0 Å². The van der Waals surface area contributed by atoms with Gasteiger partial charge in [-0.3, -0.25) is 4.79 Å². The van der Waals surface area contributed by atoms with Crippen molar-refractivity contribution in [2.75, 3.05) is 0 Å². The highest BCUT2D eigenvalue weighted by Crippen LogP contribution is 2.30. The SMILES string of the molecule is O=C(Cl)c1ccc(Br)cc1OC(F)(F)F. The zero-order valence-electron chi connectivity index (χ0n) is 6.94. The molecule has 0 aliphatic carbocycles. The van der Waals surface area contributed by atoms with Crippen LogP contribution in [-0.4, -0.2) is 11.6 Å². The summed E-state index contributed by atoms with van der Waals surface area (Å²) >= 11 is 8.04. The van der Waals surface area contributed by atoms with Crippen molar-refractivity contribution in [2.24, 2.45) is 0 Å². The minimum atomic E-state index is -4.86. The van der Waals surface area contributed by atoms with Crippen LogP contribution in [0.3, 0.4) is 0 Å². The molecule has 82 valence electrons. The molecule has 0 aliphatic heterocycles. The Balaban J connectivity index is 3.13. The van der Waals surface area contributed by atoms with E-state index in [1.54, 1.807) is 0 Å². The smallest absolute Gasteiger partial charge is 0.405 e. The Morgan fingerprint density at radius 1 is 1.40 bits per heavy atom. The lowest BCUT2D eigenvalue weighted by molar-refractivity contribution is -0.274. The summed E-state index contributed by atoms with van der Waals surface area (Å²) in [5.41, 5.74) is -0.336. The first-order valence-corrected chi connectivity index (χ1v) is 4.72. The molecule has 2 nitrogen and oxygen atoms in total. The lowest BCUT2D eigenvalue weighted by atomic mass is 10.2. The highest BCUT2D eigenvalue weighted by Gasteiger charge is 2.32. The molecule has 1 rings (SSSR count). The van der Waals surface area contributed by atoms with Gasteiger partial charge in [-0.05, 0) is 29.8 Å². The molecule has 0 N–H and O–H groups in total. The summed E-state index contributed by atoms with van der Waals surface area (Å²) in [5.74, 6) is -0.628. The molecule has 7 heteroatoms. The number of ether oxygens (including phenoxy) is 1. The van der Waals surface area contributed by atoms with E-state index in [0.717, 1.165) is 12.1 Å². The van der Waals surface area contributed by atoms with E-state index in [1.165, 1.54) is 6.07 Å². The molecular weight excluding hydrogens is 300 g/mol. The van der Waals surface area contributed by atoms with E-state index in [2.05, 4.69) is 20.7 Å². The third kappa shape index (κ3) is 3.71. The largest absolute Gasteiger partial charge is 0.573 e. The maximum atomic E-state index is 11.9. The Hall–Kier alpha value is -0.750. The maximum Gasteiger partial charge on any atom is 0.573 e. The number of carbonyl (C=O) groups excluding carboxylic acids is 1. The summed E-state index contributed by atoms with van der Waals surface area (Å²) in [4.78, 5) is 10.8. The predicted molar refractivity (Wildman–Crippen MR) is 51.0 cm³/mol. The Kier molecular flexibility index (Phi) is 3.62. The van der Waals surface area contributed by atoms with Crippen LogP contribution in [0.5, 0.6) is 5.75 Å². The van der Waals surface area contributed by atoms with E-state index in [4.69, 9.17) is 11.6 Å². The van der Waals surface area contributed by atoms with Crippen molar-refractivity contribution in [1.82, 2.24) is 0 Å². The molecule has 0 spiro atoms. The monoisotopic (exact) mass is 302 g/mol. The summed E-state index contributed by atoms with van der Waals surface area (Å²) in [5, 5.41) is -1.01. The van der Waals surface area contributed by atoms with Gasteiger partial charge in [0.25, 0.3) is 5.24 Å². The summed E-state index contributed by atoms with van der Waals surface area (Å²) in [6.07, 6.45) is -4.86. The lowest BCUT2D eigenvalue weighted by Gasteiger charge is -2.11. The second kappa shape index (κ2) is 4.40. The van der Waals surface area contributed by atoms with Gasteiger partial charge in [0.1, 0.15) is 5.75 Å². The fraction of sp³-hybridized carbons (Fsp3) is 0.125. The molecule has 0 unspecified atom stereocenters. The van der Waals surface area contributed by atoms with Crippen LogP contribution < -0.4 is 4.74 Å². The quantitative estimate of drug-likeness (QED) is 0.778. The first kappa shape index (κ1) is 12.3. The van der Waals surface area contributed by atoms with Gasteiger partial charge in [0.2, 0.25) is 0 Å². The molecule has 1 aromatic carbocycles. The molecule has 15 heavy (non-hydrogen) atoms. The van der Waals surface area contributed by atoms with E-state index in [9.17, 15) is 18.0 Å². The number of hydrogen-bond donors (Lipinski definition) is 0. The number of benzene rings is 1. The Morgan fingerprint density at radius 3 is 2.47 bits per heavy atom. The van der Waals surface area contributed by atoms with Crippen LogP contribution in [0.1, 0.15) is 10.4 Å².